The summed E-state index contributed by atoms with van der Waals surface area (Å²) >= 11 is 0. The van der Waals surface area contributed by atoms with E-state index in [-0.39, 0.29) is 6.61 Å². The van der Waals surface area contributed by atoms with Crippen molar-refractivity contribution in [3.8, 4) is 5.75 Å². The fraction of sp³-hybridized carbons (Fsp3) is 0.467. The predicted molar refractivity (Wildman–Crippen MR) is 74.7 cm³/mol. The van der Waals surface area contributed by atoms with Gasteiger partial charge in [-0.05, 0) is 30.0 Å². The Morgan fingerprint density at radius 2 is 2.10 bits per heavy atom. The van der Waals surface area contributed by atoms with Gasteiger partial charge in [0.25, 0.3) is 0 Å². The number of ether oxygens (including phenoxy) is 1. The summed E-state index contributed by atoms with van der Waals surface area (Å²) in [5.74, 6) is 3.20. The number of aliphatic hydroxyl groups is 1. The van der Waals surface area contributed by atoms with E-state index in [2.05, 4.69) is 26.9 Å². The summed E-state index contributed by atoms with van der Waals surface area (Å²) in [5.41, 5.74) is 1.20. The van der Waals surface area contributed by atoms with Crippen LogP contribution in [0.5, 0.6) is 5.75 Å². The third kappa shape index (κ3) is 2.54. The number of aliphatic hydroxyl groups excluding tert-OH is 1. The zero-order valence-corrected chi connectivity index (χ0v) is 11.6. The average molecular weight is 273 g/mol. The molecule has 5 nitrogen and oxygen atoms in total. The van der Waals surface area contributed by atoms with Crippen LogP contribution in [0.1, 0.15) is 23.6 Å². The molecule has 0 amide bonds. The lowest BCUT2D eigenvalue weighted by atomic mass is 9.99. The summed E-state index contributed by atoms with van der Waals surface area (Å²) in [5, 5.41) is 17.8. The first-order valence-corrected chi connectivity index (χ1v) is 6.95. The lowest BCUT2D eigenvalue weighted by Gasteiger charge is -2.21. The molecule has 0 aliphatic carbocycles. The molecule has 1 aromatic heterocycles. The summed E-state index contributed by atoms with van der Waals surface area (Å²) in [7, 11) is 1.67. The lowest BCUT2D eigenvalue weighted by Crippen LogP contribution is -2.23. The maximum absolute atomic E-state index is 9.24. The van der Waals surface area contributed by atoms with Crippen molar-refractivity contribution in [2.24, 2.45) is 5.92 Å². The summed E-state index contributed by atoms with van der Waals surface area (Å²) < 4.78 is 7.35. The fourth-order valence-corrected chi connectivity index (χ4v) is 2.67. The number of rotatable bonds is 4. The molecule has 1 aliphatic rings. The molecule has 0 fully saturated rings. The van der Waals surface area contributed by atoms with Crippen LogP contribution in [-0.2, 0) is 19.4 Å². The van der Waals surface area contributed by atoms with Crippen LogP contribution < -0.4 is 4.74 Å². The van der Waals surface area contributed by atoms with Crippen molar-refractivity contribution < 1.29 is 9.84 Å². The molecule has 1 aromatic carbocycles. The SMILES string of the molecule is COc1ccc(Cc2nnc3n2CCC(CO)C3)cc1. The van der Waals surface area contributed by atoms with Gasteiger partial charge in [0.1, 0.15) is 17.4 Å². The van der Waals surface area contributed by atoms with Crippen LogP contribution in [0.25, 0.3) is 0 Å². The molecule has 5 heteroatoms. The average Bonchev–Trinajstić information content (AvgIpc) is 2.90. The van der Waals surface area contributed by atoms with Crippen molar-refractivity contribution in [3.63, 3.8) is 0 Å². The van der Waals surface area contributed by atoms with Gasteiger partial charge >= 0.3 is 0 Å². The van der Waals surface area contributed by atoms with Gasteiger partial charge in [0.2, 0.25) is 0 Å². The standard InChI is InChI=1S/C15H19N3O2/c1-20-13-4-2-11(3-5-13)8-14-16-17-15-9-12(10-19)6-7-18(14)15/h2-5,12,19H,6-10H2,1H3. The van der Waals surface area contributed by atoms with E-state index in [9.17, 15) is 5.11 Å². The summed E-state index contributed by atoms with van der Waals surface area (Å²) in [6, 6.07) is 8.04. The Hall–Kier alpha value is -1.88. The lowest BCUT2D eigenvalue weighted by molar-refractivity contribution is 0.198. The van der Waals surface area contributed by atoms with E-state index < -0.39 is 0 Å². The van der Waals surface area contributed by atoms with Crippen molar-refractivity contribution >= 4 is 0 Å². The van der Waals surface area contributed by atoms with E-state index in [1.54, 1.807) is 7.11 Å². The van der Waals surface area contributed by atoms with Crippen LogP contribution in [-0.4, -0.2) is 33.6 Å². The normalized spacial score (nSPS) is 17.8. The molecular formula is C15H19N3O2. The highest BCUT2D eigenvalue weighted by molar-refractivity contribution is 5.29. The van der Waals surface area contributed by atoms with E-state index in [1.165, 1.54) is 5.56 Å². The van der Waals surface area contributed by atoms with Gasteiger partial charge in [-0.3, -0.25) is 0 Å². The summed E-state index contributed by atoms with van der Waals surface area (Å²) in [6.07, 6.45) is 2.60. The van der Waals surface area contributed by atoms with Gasteiger partial charge < -0.3 is 14.4 Å². The maximum atomic E-state index is 9.24. The number of fused-ring (bicyclic) bond motifs is 1. The van der Waals surface area contributed by atoms with Gasteiger partial charge in [-0.15, -0.1) is 10.2 Å². The molecule has 1 aliphatic heterocycles. The van der Waals surface area contributed by atoms with Crippen molar-refractivity contribution in [1.82, 2.24) is 14.8 Å². The number of methoxy groups -OCH3 is 1. The first kappa shape index (κ1) is 13.1. The first-order valence-electron chi connectivity index (χ1n) is 6.95. The van der Waals surface area contributed by atoms with Crippen LogP contribution in [0.15, 0.2) is 24.3 Å². The molecule has 1 N–H and O–H groups in total. The molecular weight excluding hydrogens is 254 g/mol. The minimum absolute atomic E-state index is 0.237. The third-order valence-electron chi connectivity index (χ3n) is 3.92. The number of aromatic nitrogens is 3. The molecule has 106 valence electrons. The monoisotopic (exact) mass is 273 g/mol. The Morgan fingerprint density at radius 1 is 1.30 bits per heavy atom. The number of benzene rings is 1. The smallest absolute Gasteiger partial charge is 0.137 e. The van der Waals surface area contributed by atoms with Gasteiger partial charge in [0.15, 0.2) is 0 Å². The van der Waals surface area contributed by atoms with Gasteiger partial charge in [-0.2, -0.15) is 0 Å². The molecule has 2 aromatic rings. The van der Waals surface area contributed by atoms with Gasteiger partial charge in [-0.25, -0.2) is 0 Å². The highest BCUT2D eigenvalue weighted by atomic mass is 16.5. The Bertz CT molecular complexity index is 577. The molecule has 0 saturated carbocycles. The maximum Gasteiger partial charge on any atom is 0.137 e. The van der Waals surface area contributed by atoms with Crippen LogP contribution >= 0.6 is 0 Å². The van der Waals surface area contributed by atoms with Crippen molar-refractivity contribution in [2.75, 3.05) is 13.7 Å². The van der Waals surface area contributed by atoms with E-state index in [4.69, 9.17) is 4.74 Å². The molecule has 0 radical (unpaired) electrons. The Morgan fingerprint density at radius 3 is 2.80 bits per heavy atom. The highest BCUT2D eigenvalue weighted by Gasteiger charge is 2.22. The molecule has 0 spiro atoms. The van der Waals surface area contributed by atoms with Crippen molar-refractivity contribution in [2.45, 2.75) is 25.8 Å². The van der Waals surface area contributed by atoms with Crippen LogP contribution in [0.2, 0.25) is 0 Å². The predicted octanol–water partition coefficient (Wildman–Crippen LogP) is 1.43. The van der Waals surface area contributed by atoms with Crippen LogP contribution in [0, 0.1) is 5.92 Å². The molecule has 1 unspecified atom stereocenters. The van der Waals surface area contributed by atoms with E-state index in [0.29, 0.717) is 5.92 Å². The Balaban J connectivity index is 1.76. The van der Waals surface area contributed by atoms with E-state index >= 15 is 0 Å². The van der Waals surface area contributed by atoms with Gasteiger partial charge in [-0.1, -0.05) is 12.1 Å². The molecule has 20 heavy (non-hydrogen) atoms. The number of hydrogen-bond acceptors (Lipinski definition) is 4. The minimum Gasteiger partial charge on any atom is -0.497 e. The molecule has 3 rings (SSSR count). The second kappa shape index (κ2) is 5.63. The summed E-state index contributed by atoms with van der Waals surface area (Å²) in [4.78, 5) is 0. The highest BCUT2D eigenvalue weighted by Crippen LogP contribution is 2.21. The summed E-state index contributed by atoms with van der Waals surface area (Å²) in [6.45, 7) is 1.14. The van der Waals surface area contributed by atoms with Crippen LogP contribution in [0.4, 0.5) is 0 Å². The van der Waals surface area contributed by atoms with Crippen molar-refractivity contribution in [3.05, 3.63) is 41.5 Å². The quantitative estimate of drug-likeness (QED) is 0.915. The molecule has 0 saturated heterocycles. The number of hydrogen-bond donors (Lipinski definition) is 1. The van der Waals surface area contributed by atoms with Crippen LogP contribution in [0.3, 0.4) is 0 Å². The zero-order chi connectivity index (χ0) is 13.9. The molecule has 1 atom stereocenters. The topological polar surface area (TPSA) is 60.2 Å². The Kier molecular flexibility index (Phi) is 3.69. The minimum atomic E-state index is 0.237. The zero-order valence-electron chi connectivity index (χ0n) is 11.6. The second-order valence-corrected chi connectivity index (χ2v) is 5.25. The fourth-order valence-electron chi connectivity index (χ4n) is 2.67. The van der Waals surface area contributed by atoms with E-state index in [0.717, 1.165) is 43.2 Å². The number of nitrogens with zero attached hydrogens (tertiary/aromatic N) is 3. The molecule has 2 heterocycles. The van der Waals surface area contributed by atoms with E-state index in [1.807, 2.05) is 12.1 Å². The second-order valence-electron chi connectivity index (χ2n) is 5.25. The Labute approximate surface area is 118 Å². The van der Waals surface area contributed by atoms with Gasteiger partial charge in [0.05, 0.1) is 7.11 Å². The largest absolute Gasteiger partial charge is 0.497 e. The van der Waals surface area contributed by atoms with Gasteiger partial charge in [0, 0.05) is 26.0 Å². The first-order chi connectivity index (χ1) is 9.80. The van der Waals surface area contributed by atoms with Crippen molar-refractivity contribution in [1.29, 1.82) is 0 Å². The third-order valence-corrected chi connectivity index (χ3v) is 3.92. The molecule has 0 bridgehead atoms.